The van der Waals surface area contributed by atoms with Crippen molar-refractivity contribution in [3.8, 4) is 0 Å². The molecule has 2 aliphatic carbocycles. The number of aliphatic hydroxyl groups is 2. The predicted molar refractivity (Wildman–Crippen MR) is 181 cm³/mol. The topological polar surface area (TPSA) is 100 Å². The number of allylic oxidation sites excluding steroid dienone is 5. The third-order valence-corrected chi connectivity index (χ3v) is 10.7. The first kappa shape index (κ1) is 30.4. The molecule has 1 saturated carbocycles. The van der Waals surface area contributed by atoms with Gasteiger partial charge >= 0.3 is 5.91 Å². The van der Waals surface area contributed by atoms with Crippen LogP contribution < -0.4 is 0 Å². The fourth-order valence-electron chi connectivity index (χ4n) is 8.45. The van der Waals surface area contributed by atoms with Crippen LogP contribution in [-0.2, 0) is 4.79 Å². The molecule has 2 N–H and O–H groups in total. The van der Waals surface area contributed by atoms with E-state index in [-0.39, 0.29) is 35.1 Å². The van der Waals surface area contributed by atoms with Crippen molar-refractivity contribution in [2.75, 3.05) is 13.3 Å². The third-order valence-electron chi connectivity index (χ3n) is 10.7. The van der Waals surface area contributed by atoms with E-state index in [0.717, 1.165) is 45.1 Å². The summed E-state index contributed by atoms with van der Waals surface area (Å²) in [5.74, 6) is 0.662. The summed E-state index contributed by atoms with van der Waals surface area (Å²) in [6.07, 6.45) is 18.0. The van der Waals surface area contributed by atoms with Crippen LogP contribution in [0.25, 0.3) is 5.57 Å². The van der Waals surface area contributed by atoms with Crippen molar-refractivity contribution in [1.29, 1.82) is 0 Å². The van der Waals surface area contributed by atoms with Crippen LogP contribution in [0.15, 0.2) is 112 Å². The fourth-order valence-corrected chi connectivity index (χ4v) is 8.45. The second-order valence-corrected chi connectivity index (χ2v) is 13.3. The van der Waals surface area contributed by atoms with Crippen LogP contribution in [0.2, 0.25) is 0 Å². The largest absolute Gasteiger partial charge is 0.385 e. The van der Waals surface area contributed by atoms with Gasteiger partial charge in [0.1, 0.15) is 12.1 Å². The molecule has 1 fully saturated rings. The number of rotatable bonds is 8. The Morgan fingerprint density at radius 3 is 2.65 bits per heavy atom. The Morgan fingerprint density at radius 1 is 1.22 bits per heavy atom. The van der Waals surface area contributed by atoms with E-state index in [2.05, 4.69) is 48.0 Å². The summed E-state index contributed by atoms with van der Waals surface area (Å²) in [6.45, 7) is 9.92. The molecule has 0 saturated heterocycles. The Balaban J connectivity index is 1.26. The minimum absolute atomic E-state index is 0.0248. The number of dihydropyridines is 1. The monoisotopic (exact) mass is 616 g/mol. The van der Waals surface area contributed by atoms with E-state index in [4.69, 9.17) is 10.1 Å². The smallest absolute Gasteiger partial charge is 0.344 e. The van der Waals surface area contributed by atoms with E-state index in [1.165, 1.54) is 0 Å². The zero-order chi connectivity index (χ0) is 32.3. The Morgan fingerprint density at radius 2 is 2.00 bits per heavy atom. The molecule has 0 spiro atoms. The second-order valence-electron chi connectivity index (χ2n) is 13.3. The highest BCUT2D eigenvalue weighted by atomic mass is 16.3. The van der Waals surface area contributed by atoms with E-state index < -0.39 is 11.1 Å². The van der Waals surface area contributed by atoms with Gasteiger partial charge in [-0.2, -0.15) is 5.10 Å². The van der Waals surface area contributed by atoms with Gasteiger partial charge in [0.15, 0.2) is 18.7 Å². The van der Waals surface area contributed by atoms with Crippen molar-refractivity contribution in [1.82, 2.24) is 9.78 Å². The molecule has 2 aromatic rings. The van der Waals surface area contributed by atoms with Crippen LogP contribution in [0.3, 0.4) is 0 Å². The van der Waals surface area contributed by atoms with E-state index in [1.807, 2.05) is 68.1 Å². The Hall–Kier alpha value is -4.24. The summed E-state index contributed by atoms with van der Waals surface area (Å²) in [7, 11) is 0. The van der Waals surface area contributed by atoms with Crippen LogP contribution in [0.5, 0.6) is 0 Å². The number of hydrogen-bond acceptors (Lipinski definition) is 6. The number of nitrogens with zero attached hydrogens (tertiary/aromatic N) is 5. The Labute approximate surface area is 270 Å². The molecule has 4 unspecified atom stereocenters. The van der Waals surface area contributed by atoms with Crippen molar-refractivity contribution in [2.24, 2.45) is 21.8 Å². The number of hydrogen-bond donors (Lipinski definition) is 2. The highest BCUT2D eigenvalue weighted by Gasteiger charge is 2.71. The molecular formula is C38H42N5O3+. The van der Waals surface area contributed by atoms with Crippen LogP contribution in [0.4, 0.5) is 5.82 Å². The normalized spacial score (nSPS) is 33.4. The molecule has 46 heavy (non-hydrogen) atoms. The lowest BCUT2D eigenvalue weighted by Gasteiger charge is -2.61. The molecule has 236 valence electrons. The molecule has 4 atom stereocenters. The van der Waals surface area contributed by atoms with E-state index in [0.29, 0.717) is 32.2 Å². The molecule has 1 aromatic heterocycles. The van der Waals surface area contributed by atoms with Crippen LogP contribution in [0, 0.1) is 18.8 Å². The first-order valence-corrected chi connectivity index (χ1v) is 16.3. The van der Waals surface area contributed by atoms with Crippen LogP contribution >= 0.6 is 0 Å². The van der Waals surface area contributed by atoms with Crippen LogP contribution in [-0.4, -0.2) is 66.7 Å². The number of aliphatic hydroxyl groups excluding tert-OH is 1. The third kappa shape index (κ3) is 4.46. The van der Waals surface area contributed by atoms with Crippen molar-refractivity contribution >= 4 is 29.2 Å². The number of carbonyl (C=O) groups is 1. The molecule has 0 bridgehead atoms. The number of aryl methyl sites for hydroxylation is 1. The summed E-state index contributed by atoms with van der Waals surface area (Å²) in [5.41, 5.74) is 4.93. The minimum Gasteiger partial charge on any atom is -0.385 e. The standard InChI is InChI=1S/C38H42N5O3/c1-5-11-28-21-43(24-44,36(45)31(28)6-2)38(22-37(46,7-3)23-38)30-16-14-27(15-17-30)34-32(26-12-9-8-10-13-26)19-29-20-39-33-18-25(4)41-42(33)35(29)40-34/h5,7-16,18-20,29-30,35,44,46H,3,6,17,21-24H2,1-2,4H3/q+1. The first-order chi connectivity index (χ1) is 22.2. The maximum atomic E-state index is 14.2. The van der Waals surface area contributed by atoms with Gasteiger partial charge in [-0.3, -0.25) is 4.99 Å². The number of amides is 1. The molecule has 1 amide bonds. The first-order valence-electron chi connectivity index (χ1n) is 16.3. The quantitative estimate of drug-likeness (QED) is 0.277. The van der Waals surface area contributed by atoms with Gasteiger partial charge in [0.05, 0.1) is 28.5 Å². The summed E-state index contributed by atoms with van der Waals surface area (Å²) in [4.78, 5) is 24.2. The average molecular weight is 617 g/mol. The Kier molecular flexibility index (Phi) is 7.42. The lowest BCUT2D eigenvalue weighted by Crippen LogP contribution is -2.77. The number of quaternary nitrogens is 1. The minimum atomic E-state index is -1.08. The van der Waals surface area contributed by atoms with Crippen molar-refractivity contribution in [3.05, 3.63) is 113 Å². The summed E-state index contributed by atoms with van der Waals surface area (Å²) >= 11 is 0. The Bertz CT molecular complexity index is 1810. The van der Waals surface area contributed by atoms with E-state index in [1.54, 1.807) is 6.08 Å². The molecule has 7 rings (SSSR count). The zero-order valence-corrected chi connectivity index (χ0v) is 26.8. The lowest BCUT2D eigenvalue weighted by atomic mass is 9.55. The number of aliphatic imine (C=N–C) groups is 2. The molecule has 8 nitrogen and oxygen atoms in total. The van der Waals surface area contributed by atoms with Crippen LogP contribution in [0.1, 0.15) is 57.0 Å². The second kappa shape index (κ2) is 11.2. The maximum Gasteiger partial charge on any atom is 0.344 e. The molecule has 1 aromatic carbocycles. The van der Waals surface area contributed by atoms with E-state index in [9.17, 15) is 15.0 Å². The summed E-state index contributed by atoms with van der Waals surface area (Å²) < 4.78 is 1.83. The molecule has 5 aliphatic rings. The maximum absolute atomic E-state index is 14.2. The van der Waals surface area contributed by atoms with Gasteiger partial charge in [0.25, 0.3) is 0 Å². The van der Waals surface area contributed by atoms with Gasteiger partial charge in [-0.1, -0.05) is 79.8 Å². The lowest BCUT2D eigenvalue weighted by molar-refractivity contribution is -0.929. The van der Waals surface area contributed by atoms with Crippen molar-refractivity contribution in [3.63, 3.8) is 0 Å². The predicted octanol–water partition coefficient (Wildman–Crippen LogP) is 6.10. The van der Waals surface area contributed by atoms with Gasteiger partial charge in [0.2, 0.25) is 0 Å². The summed E-state index contributed by atoms with van der Waals surface area (Å²) in [6, 6.07) is 12.3. The SMILES string of the molecule is C=CC1(O)CC(C2C=CC(C3=NC4C(C=Nc5cc(C)nn54)C=C3c3ccccc3)=CC2)([N+]2(CO)CC(C=CC)=C(CC)C2=O)C1. The summed E-state index contributed by atoms with van der Waals surface area (Å²) in [5, 5.41) is 27.1. The number of fused-ring (bicyclic) bond motifs is 3. The average Bonchev–Trinajstić information content (AvgIpc) is 3.59. The molecule has 3 aliphatic heterocycles. The van der Waals surface area contributed by atoms with Gasteiger partial charge in [-0.25, -0.2) is 19.0 Å². The van der Waals surface area contributed by atoms with Gasteiger partial charge < -0.3 is 10.2 Å². The van der Waals surface area contributed by atoms with Gasteiger partial charge in [-0.15, -0.1) is 6.58 Å². The van der Waals surface area contributed by atoms with Gasteiger partial charge in [-0.05, 0) is 37.8 Å². The highest BCUT2D eigenvalue weighted by molar-refractivity contribution is 6.33. The number of carbonyl (C=O) groups excluding carboxylic acids is 1. The molecular weight excluding hydrogens is 574 g/mol. The van der Waals surface area contributed by atoms with Crippen molar-refractivity contribution < 1.29 is 19.5 Å². The zero-order valence-electron chi connectivity index (χ0n) is 26.8. The number of benzene rings is 1. The fraction of sp³-hybridized carbons (Fsp3) is 0.368. The molecule has 8 heteroatoms. The van der Waals surface area contributed by atoms with Crippen molar-refractivity contribution in [2.45, 2.75) is 63.8 Å². The molecule has 0 radical (unpaired) electrons. The molecule has 4 heterocycles. The van der Waals surface area contributed by atoms with Gasteiger partial charge in [0, 0.05) is 42.2 Å². The highest BCUT2D eigenvalue weighted by Crippen LogP contribution is 2.58. The number of aromatic nitrogens is 2. The van der Waals surface area contributed by atoms with E-state index >= 15 is 0 Å².